The first-order valence-corrected chi connectivity index (χ1v) is 11.5. The van der Waals surface area contributed by atoms with Crippen LogP contribution in [0.5, 0.6) is 0 Å². The largest absolute Gasteiger partial charge is 0.433 e. The average molecular weight is 479 g/mol. The van der Waals surface area contributed by atoms with Crippen LogP contribution < -0.4 is 5.32 Å². The van der Waals surface area contributed by atoms with Crippen LogP contribution in [0.1, 0.15) is 22.4 Å². The van der Waals surface area contributed by atoms with Crippen molar-refractivity contribution in [2.45, 2.75) is 24.0 Å². The van der Waals surface area contributed by atoms with Gasteiger partial charge in [0.1, 0.15) is 17.2 Å². The topological polar surface area (TPSA) is 101 Å². The zero-order valence-electron chi connectivity index (χ0n) is 17.1. The number of nitrogens with one attached hydrogen (secondary N) is 2. The molecule has 33 heavy (non-hydrogen) atoms. The smallest absolute Gasteiger partial charge is 0.366 e. The normalized spacial score (nSPS) is 12.3. The van der Waals surface area contributed by atoms with Gasteiger partial charge < -0.3 is 10.3 Å². The Morgan fingerprint density at radius 1 is 1.06 bits per heavy atom. The molecule has 0 saturated carbocycles. The highest BCUT2D eigenvalue weighted by Crippen LogP contribution is 2.27. The van der Waals surface area contributed by atoms with E-state index in [-0.39, 0.29) is 29.2 Å². The van der Waals surface area contributed by atoms with Crippen LogP contribution in [-0.2, 0) is 29.0 Å². The Balaban J connectivity index is 1.48. The fraction of sp³-hybridized carbons (Fsp3) is 0.190. The molecule has 0 aliphatic rings. The van der Waals surface area contributed by atoms with Crippen molar-refractivity contribution in [2.24, 2.45) is 0 Å². The average Bonchev–Trinajstić information content (AvgIpc) is 3.15. The Morgan fingerprint density at radius 2 is 1.85 bits per heavy atom. The lowest BCUT2D eigenvalue weighted by Gasteiger charge is -2.09. The van der Waals surface area contributed by atoms with E-state index in [1.807, 2.05) is 0 Å². The number of nitrogens with zero attached hydrogens (tertiary/aromatic N) is 3. The summed E-state index contributed by atoms with van der Waals surface area (Å²) < 4.78 is 76.0. The minimum absolute atomic E-state index is 0.0618. The molecule has 0 bridgehead atoms. The zero-order valence-corrected chi connectivity index (χ0v) is 17.9. The molecule has 4 aromatic heterocycles. The number of pyridine rings is 3. The SMILES string of the molecule is CS(=O)(=O)c1cnc2[nH]cc(Cc3ccc(NCc4ccc(C(F)(F)F)nc4)nc3F)c2c1. The van der Waals surface area contributed by atoms with E-state index in [9.17, 15) is 26.0 Å². The van der Waals surface area contributed by atoms with Gasteiger partial charge in [-0.05, 0) is 29.3 Å². The van der Waals surface area contributed by atoms with Gasteiger partial charge in [-0.15, -0.1) is 0 Å². The second kappa shape index (κ2) is 8.43. The lowest BCUT2D eigenvalue weighted by molar-refractivity contribution is -0.141. The highest BCUT2D eigenvalue weighted by molar-refractivity contribution is 7.90. The van der Waals surface area contributed by atoms with E-state index in [1.54, 1.807) is 12.3 Å². The predicted molar refractivity (Wildman–Crippen MR) is 113 cm³/mol. The monoisotopic (exact) mass is 479 g/mol. The molecule has 0 saturated heterocycles. The quantitative estimate of drug-likeness (QED) is 0.319. The first-order chi connectivity index (χ1) is 15.5. The molecule has 7 nitrogen and oxygen atoms in total. The van der Waals surface area contributed by atoms with Crippen molar-refractivity contribution in [3.63, 3.8) is 0 Å². The third-order valence-corrected chi connectivity index (χ3v) is 6.00. The number of aromatic nitrogens is 4. The van der Waals surface area contributed by atoms with Crippen molar-refractivity contribution >= 4 is 26.7 Å². The Labute approximate surface area is 185 Å². The van der Waals surface area contributed by atoms with Crippen molar-refractivity contribution in [3.05, 3.63) is 77.3 Å². The summed E-state index contributed by atoms with van der Waals surface area (Å²) in [7, 11) is -3.45. The van der Waals surface area contributed by atoms with Gasteiger partial charge in [0.2, 0.25) is 5.95 Å². The van der Waals surface area contributed by atoms with E-state index in [4.69, 9.17) is 0 Å². The van der Waals surface area contributed by atoms with Crippen LogP contribution in [0.2, 0.25) is 0 Å². The van der Waals surface area contributed by atoms with Crippen LogP contribution in [0.25, 0.3) is 11.0 Å². The van der Waals surface area contributed by atoms with Crippen LogP contribution in [0.4, 0.5) is 23.4 Å². The molecule has 172 valence electrons. The Morgan fingerprint density at radius 3 is 2.48 bits per heavy atom. The van der Waals surface area contributed by atoms with Gasteiger partial charge in [0.15, 0.2) is 9.84 Å². The number of fused-ring (bicyclic) bond motifs is 1. The summed E-state index contributed by atoms with van der Waals surface area (Å²) in [5.41, 5.74) is 0.898. The van der Waals surface area contributed by atoms with Gasteiger partial charge in [-0.3, -0.25) is 4.98 Å². The number of hydrogen-bond donors (Lipinski definition) is 2. The van der Waals surface area contributed by atoms with E-state index >= 15 is 0 Å². The molecule has 0 spiro atoms. The number of rotatable bonds is 6. The summed E-state index contributed by atoms with van der Waals surface area (Å²) in [6.45, 7) is 0.110. The van der Waals surface area contributed by atoms with Crippen LogP contribution in [-0.4, -0.2) is 34.6 Å². The minimum Gasteiger partial charge on any atom is -0.366 e. The number of hydrogen-bond acceptors (Lipinski definition) is 6. The Kier molecular flexibility index (Phi) is 5.78. The molecule has 0 amide bonds. The van der Waals surface area contributed by atoms with E-state index in [1.165, 1.54) is 24.4 Å². The van der Waals surface area contributed by atoms with Gasteiger partial charge >= 0.3 is 6.18 Å². The van der Waals surface area contributed by atoms with Crippen LogP contribution in [0, 0.1) is 5.95 Å². The molecule has 4 aromatic rings. The second-order valence-electron chi connectivity index (χ2n) is 7.38. The van der Waals surface area contributed by atoms with Crippen LogP contribution >= 0.6 is 0 Å². The third kappa shape index (κ3) is 5.11. The van der Waals surface area contributed by atoms with Crippen LogP contribution in [0.3, 0.4) is 0 Å². The van der Waals surface area contributed by atoms with E-state index in [0.29, 0.717) is 22.2 Å². The minimum atomic E-state index is -4.51. The van der Waals surface area contributed by atoms with Gasteiger partial charge in [-0.2, -0.15) is 17.6 Å². The van der Waals surface area contributed by atoms with E-state index < -0.39 is 27.7 Å². The molecule has 2 N–H and O–H groups in total. The molecule has 0 unspecified atom stereocenters. The summed E-state index contributed by atoms with van der Waals surface area (Å²) in [5, 5.41) is 3.41. The number of sulfone groups is 1. The van der Waals surface area contributed by atoms with Gasteiger partial charge in [0.05, 0.1) is 4.90 Å². The maximum absolute atomic E-state index is 14.6. The number of H-pyrrole nitrogens is 1. The maximum atomic E-state index is 14.6. The van der Waals surface area contributed by atoms with Gasteiger partial charge in [-0.1, -0.05) is 12.1 Å². The van der Waals surface area contributed by atoms with Crippen molar-refractivity contribution in [2.75, 3.05) is 11.6 Å². The second-order valence-corrected chi connectivity index (χ2v) is 9.40. The molecule has 0 aromatic carbocycles. The molecule has 0 aliphatic heterocycles. The Hall–Kier alpha value is -3.54. The number of aromatic amines is 1. The van der Waals surface area contributed by atoms with Crippen molar-refractivity contribution in [1.29, 1.82) is 0 Å². The molecule has 4 rings (SSSR count). The molecule has 0 atom stereocenters. The lowest BCUT2D eigenvalue weighted by atomic mass is 10.1. The molecular formula is C21H17F4N5O2S. The molecule has 4 heterocycles. The maximum Gasteiger partial charge on any atom is 0.433 e. The summed E-state index contributed by atoms with van der Waals surface area (Å²) in [6, 6.07) is 6.72. The molecular weight excluding hydrogens is 462 g/mol. The zero-order chi connectivity index (χ0) is 23.8. The van der Waals surface area contributed by atoms with Gasteiger partial charge in [0.25, 0.3) is 0 Å². The van der Waals surface area contributed by atoms with Crippen molar-refractivity contribution in [1.82, 2.24) is 19.9 Å². The van der Waals surface area contributed by atoms with E-state index in [0.717, 1.165) is 18.5 Å². The van der Waals surface area contributed by atoms with Gasteiger partial charge in [-0.25, -0.2) is 18.4 Å². The number of halogens is 4. The summed E-state index contributed by atoms with van der Waals surface area (Å²) in [6.07, 6.45) is 0.699. The van der Waals surface area contributed by atoms with Crippen LogP contribution in [0.15, 0.2) is 53.8 Å². The van der Waals surface area contributed by atoms with E-state index in [2.05, 4.69) is 25.3 Å². The highest BCUT2D eigenvalue weighted by Gasteiger charge is 2.31. The predicted octanol–water partition coefficient (Wildman–Crippen LogP) is 4.12. The third-order valence-electron chi connectivity index (χ3n) is 4.92. The van der Waals surface area contributed by atoms with Gasteiger partial charge in [0, 0.05) is 48.8 Å². The summed E-state index contributed by atoms with van der Waals surface area (Å²) >= 11 is 0. The number of alkyl halides is 3. The Bertz CT molecular complexity index is 1420. The molecule has 0 aliphatic carbocycles. The summed E-state index contributed by atoms with van der Waals surface area (Å²) in [5.74, 6) is -0.525. The fourth-order valence-electron chi connectivity index (χ4n) is 3.18. The first-order valence-electron chi connectivity index (χ1n) is 9.58. The molecule has 0 fully saturated rings. The van der Waals surface area contributed by atoms with Crippen molar-refractivity contribution in [3.8, 4) is 0 Å². The lowest BCUT2D eigenvalue weighted by Crippen LogP contribution is -2.09. The highest BCUT2D eigenvalue weighted by atomic mass is 32.2. The fourth-order valence-corrected chi connectivity index (χ4v) is 3.75. The molecule has 0 radical (unpaired) electrons. The van der Waals surface area contributed by atoms with Crippen molar-refractivity contribution < 1.29 is 26.0 Å². The first kappa shape index (κ1) is 22.6. The molecule has 12 heteroatoms. The summed E-state index contributed by atoms with van der Waals surface area (Å²) in [4.78, 5) is 14.3. The standard InChI is InChI=1S/C21H17F4N5O2S/c1-33(31,32)15-7-16-14(10-28-20(16)29-11-15)6-13-3-5-18(30-19(13)22)27-9-12-2-4-17(26-8-12)21(23,24)25/h2-5,7-8,10-11H,6,9H2,1H3,(H,27,30)(H,28,29). The number of anilines is 1.